The number of hydrogen-bond acceptors (Lipinski definition) is 3. The van der Waals surface area contributed by atoms with Gasteiger partial charge in [0.15, 0.2) is 0 Å². The molecule has 5 nitrogen and oxygen atoms in total. The van der Waals surface area contributed by atoms with Crippen molar-refractivity contribution in [3.05, 3.63) is 156 Å². The molecule has 3 heterocycles. The normalized spacial score (nSPS) is 13.3. The molecule has 0 fully saturated rings. The average Bonchev–Trinajstić information content (AvgIpc) is 3.88. The van der Waals surface area contributed by atoms with Gasteiger partial charge in [-0.2, -0.15) is 10.5 Å². The third-order valence-electron chi connectivity index (χ3n) is 11.4. The van der Waals surface area contributed by atoms with Gasteiger partial charge in [0, 0.05) is 49.1 Å². The van der Waals surface area contributed by atoms with Gasteiger partial charge in [0.05, 0.1) is 45.3 Å². The van der Waals surface area contributed by atoms with Gasteiger partial charge >= 0.3 is 0 Å². The second-order valence-corrected chi connectivity index (χ2v) is 14.4. The highest BCUT2D eigenvalue weighted by Gasteiger charge is 2.36. The second-order valence-electron chi connectivity index (χ2n) is 14.4. The lowest BCUT2D eigenvalue weighted by Gasteiger charge is -2.21. The Morgan fingerprint density at radius 1 is 0.462 bits per heavy atom. The third kappa shape index (κ3) is 3.69. The summed E-state index contributed by atoms with van der Waals surface area (Å²) in [7, 11) is 0. The van der Waals surface area contributed by atoms with Gasteiger partial charge in [-0.05, 0) is 113 Å². The van der Waals surface area contributed by atoms with E-state index >= 15 is 0 Å². The molecule has 0 aliphatic heterocycles. The van der Waals surface area contributed by atoms with Gasteiger partial charge in [-0.3, -0.25) is 0 Å². The number of fused-ring (bicyclic) bond motifs is 12. The zero-order valence-corrected chi connectivity index (χ0v) is 28.4. The van der Waals surface area contributed by atoms with Crippen LogP contribution in [0.2, 0.25) is 0 Å². The quantitative estimate of drug-likeness (QED) is 0.185. The van der Waals surface area contributed by atoms with Crippen LogP contribution < -0.4 is 0 Å². The van der Waals surface area contributed by atoms with Crippen LogP contribution in [-0.4, -0.2) is 9.13 Å². The number of aromatic nitrogens is 2. The Kier molecular flexibility index (Phi) is 5.53. The lowest BCUT2D eigenvalue weighted by atomic mass is 9.82. The van der Waals surface area contributed by atoms with Gasteiger partial charge in [0.1, 0.15) is 11.2 Å². The van der Waals surface area contributed by atoms with E-state index in [0.29, 0.717) is 11.1 Å². The fourth-order valence-electron chi connectivity index (χ4n) is 8.91. The molecule has 1 aliphatic rings. The Balaban J connectivity index is 1.17. The number of nitriles is 2. The largest absolute Gasteiger partial charge is 0.456 e. The minimum atomic E-state index is -0.137. The van der Waals surface area contributed by atoms with Gasteiger partial charge in [0.25, 0.3) is 0 Å². The summed E-state index contributed by atoms with van der Waals surface area (Å²) < 4.78 is 11.0. The van der Waals surface area contributed by atoms with Crippen molar-refractivity contribution in [2.45, 2.75) is 19.3 Å². The van der Waals surface area contributed by atoms with Gasteiger partial charge < -0.3 is 13.6 Å². The predicted molar refractivity (Wildman–Crippen MR) is 209 cm³/mol. The summed E-state index contributed by atoms with van der Waals surface area (Å²) >= 11 is 0. The first-order valence-corrected chi connectivity index (χ1v) is 17.5. The van der Waals surface area contributed by atoms with E-state index in [1.54, 1.807) is 0 Å². The van der Waals surface area contributed by atoms with Gasteiger partial charge in [-0.1, -0.05) is 56.3 Å². The number of benzene rings is 7. The molecule has 0 N–H and O–H groups in total. The summed E-state index contributed by atoms with van der Waals surface area (Å²) in [5.41, 5.74) is 14.3. The van der Waals surface area contributed by atoms with Crippen molar-refractivity contribution in [2.75, 3.05) is 0 Å². The van der Waals surface area contributed by atoms with Crippen LogP contribution in [0.5, 0.6) is 0 Å². The number of furan rings is 1. The summed E-state index contributed by atoms with van der Waals surface area (Å²) in [4.78, 5) is 0. The van der Waals surface area contributed by atoms with E-state index in [1.165, 1.54) is 22.3 Å². The Morgan fingerprint density at radius 3 is 1.69 bits per heavy atom. The molecule has 0 amide bonds. The van der Waals surface area contributed by atoms with Crippen LogP contribution in [0.25, 0.3) is 88.1 Å². The lowest BCUT2D eigenvalue weighted by molar-refractivity contribution is 0.661. The van der Waals surface area contributed by atoms with Crippen molar-refractivity contribution in [2.24, 2.45) is 0 Å². The minimum Gasteiger partial charge on any atom is -0.456 e. The SMILES string of the molecule is CC1(C)c2ccccc2-c2cc3c(cc21)c1cc(C#N)ccc1n3-c1ccc2oc3ccc(-n4c5ccccc5c5cc(C#N)ccc54)cc3c2c1. The standard InChI is InChI=1S/C47H28N4O/c1-47(2)39-9-5-3-7-31(39)33-24-44-36(23-40(33)47)35-20-28(26-49)12-16-43(35)51(44)30-14-18-46-38(22-30)37-21-29(13-17-45(37)52-46)50-41-10-6-4-8-32(41)34-19-27(25-48)11-15-42(34)50/h3-24H,1-2H3. The molecule has 0 atom stereocenters. The third-order valence-corrected chi connectivity index (χ3v) is 11.4. The molecule has 0 spiro atoms. The van der Waals surface area contributed by atoms with E-state index in [9.17, 15) is 10.5 Å². The van der Waals surface area contributed by atoms with Crippen molar-refractivity contribution in [1.29, 1.82) is 10.5 Å². The van der Waals surface area contributed by atoms with Crippen LogP contribution in [0.3, 0.4) is 0 Å². The summed E-state index contributed by atoms with van der Waals surface area (Å²) in [5.74, 6) is 0. The molecule has 11 rings (SSSR count). The molecular formula is C47H28N4O. The molecule has 52 heavy (non-hydrogen) atoms. The van der Waals surface area contributed by atoms with E-state index in [2.05, 4.69) is 132 Å². The zero-order chi connectivity index (χ0) is 34.9. The first kappa shape index (κ1) is 28.7. The van der Waals surface area contributed by atoms with Crippen molar-refractivity contribution in [1.82, 2.24) is 9.13 Å². The maximum atomic E-state index is 9.89. The number of rotatable bonds is 2. The first-order valence-electron chi connectivity index (χ1n) is 17.5. The highest BCUT2D eigenvalue weighted by Crippen LogP contribution is 2.51. The topological polar surface area (TPSA) is 70.6 Å². The number of hydrogen-bond donors (Lipinski definition) is 0. The molecule has 0 radical (unpaired) electrons. The molecular weight excluding hydrogens is 637 g/mol. The zero-order valence-electron chi connectivity index (χ0n) is 28.4. The highest BCUT2D eigenvalue weighted by atomic mass is 16.3. The smallest absolute Gasteiger partial charge is 0.135 e. The van der Waals surface area contributed by atoms with E-state index in [0.717, 1.165) is 76.9 Å². The van der Waals surface area contributed by atoms with Crippen LogP contribution >= 0.6 is 0 Å². The van der Waals surface area contributed by atoms with Crippen LogP contribution in [0.15, 0.2) is 138 Å². The monoisotopic (exact) mass is 664 g/mol. The van der Waals surface area contributed by atoms with Crippen molar-refractivity contribution in [3.8, 4) is 34.6 Å². The van der Waals surface area contributed by atoms with E-state index in [1.807, 2.05) is 36.4 Å². The summed E-state index contributed by atoms with van der Waals surface area (Å²) in [6, 6.07) is 51.2. The molecule has 0 saturated heterocycles. The molecule has 0 unspecified atom stereocenters. The van der Waals surface area contributed by atoms with Gasteiger partial charge in [-0.25, -0.2) is 0 Å². The van der Waals surface area contributed by atoms with Crippen LogP contribution in [0.1, 0.15) is 36.1 Å². The molecule has 3 aromatic heterocycles. The lowest BCUT2D eigenvalue weighted by Crippen LogP contribution is -2.14. The van der Waals surface area contributed by atoms with E-state index in [4.69, 9.17) is 4.42 Å². The maximum Gasteiger partial charge on any atom is 0.135 e. The van der Waals surface area contributed by atoms with Gasteiger partial charge in [0.2, 0.25) is 0 Å². The van der Waals surface area contributed by atoms with E-state index < -0.39 is 0 Å². The molecule has 0 bridgehead atoms. The Morgan fingerprint density at radius 2 is 1.02 bits per heavy atom. The minimum absolute atomic E-state index is 0.137. The molecule has 7 aromatic carbocycles. The molecule has 5 heteroatoms. The van der Waals surface area contributed by atoms with Crippen LogP contribution in [0, 0.1) is 22.7 Å². The van der Waals surface area contributed by atoms with E-state index in [-0.39, 0.29) is 5.41 Å². The summed E-state index contributed by atoms with van der Waals surface area (Å²) in [6.07, 6.45) is 0. The predicted octanol–water partition coefficient (Wildman–Crippen LogP) is 11.8. The first-order chi connectivity index (χ1) is 25.4. The molecule has 10 aromatic rings. The maximum absolute atomic E-state index is 9.89. The summed E-state index contributed by atoms with van der Waals surface area (Å²) in [5, 5.41) is 25.9. The highest BCUT2D eigenvalue weighted by molar-refractivity contribution is 6.14. The molecule has 0 saturated carbocycles. The number of para-hydroxylation sites is 1. The molecule has 242 valence electrons. The van der Waals surface area contributed by atoms with Crippen molar-refractivity contribution < 1.29 is 4.42 Å². The Bertz CT molecular complexity index is 3300. The van der Waals surface area contributed by atoms with Crippen LogP contribution in [-0.2, 0) is 5.41 Å². The average molecular weight is 665 g/mol. The fourth-order valence-corrected chi connectivity index (χ4v) is 8.91. The second kappa shape index (κ2) is 10.0. The van der Waals surface area contributed by atoms with Crippen LogP contribution in [0.4, 0.5) is 0 Å². The summed E-state index contributed by atoms with van der Waals surface area (Å²) in [6.45, 7) is 4.61. The van der Waals surface area contributed by atoms with Crippen molar-refractivity contribution in [3.63, 3.8) is 0 Å². The van der Waals surface area contributed by atoms with Gasteiger partial charge in [-0.15, -0.1) is 0 Å². The number of nitrogens with zero attached hydrogens (tertiary/aromatic N) is 4. The van der Waals surface area contributed by atoms with Crippen molar-refractivity contribution >= 4 is 65.6 Å². The Hall–Kier alpha value is -7.08. The molecule has 1 aliphatic carbocycles. The Labute approximate surface area is 298 Å². The fraction of sp³-hybridized carbons (Fsp3) is 0.0638.